The highest BCUT2D eigenvalue weighted by Gasteiger charge is 2.43. The SMILES string of the molecule is O=C(N[C@H]1COc2cc(F)cc(F)c2CC1=O)c1n[nH]c2c1C[C@H](C(F)(F)F)CC2. The molecule has 1 aliphatic heterocycles. The Hall–Kier alpha value is -2.98. The van der Waals surface area contributed by atoms with Gasteiger partial charge in [-0.15, -0.1) is 0 Å². The minimum atomic E-state index is -4.39. The summed E-state index contributed by atoms with van der Waals surface area (Å²) in [5, 5.41) is 8.80. The highest BCUT2D eigenvalue weighted by atomic mass is 19.4. The maximum atomic E-state index is 14.0. The van der Waals surface area contributed by atoms with Gasteiger partial charge in [-0.3, -0.25) is 14.7 Å². The summed E-state index contributed by atoms with van der Waals surface area (Å²) < 4.78 is 71.9. The number of aryl methyl sites for hydroxylation is 1. The van der Waals surface area contributed by atoms with E-state index < -0.39 is 47.9 Å². The van der Waals surface area contributed by atoms with E-state index in [1.807, 2.05) is 0 Å². The van der Waals surface area contributed by atoms with E-state index in [0.717, 1.165) is 6.07 Å². The second kappa shape index (κ2) is 7.37. The first-order valence-electron chi connectivity index (χ1n) is 9.20. The van der Waals surface area contributed by atoms with E-state index in [4.69, 9.17) is 4.74 Å². The predicted molar refractivity (Wildman–Crippen MR) is 92.0 cm³/mol. The molecule has 0 unspecified atom stereocenters. The molecule has 6 nitrogen and oxygen atoms in total. The van der Waals surface area contributed by atoms with E-state index in [2.05, 4.69) is 15.5 Å². The standard InChI is InChI=1S/C19H16F5N3O3/c20-9-4-12(21)10-6-15(28)14(7-30-16(10)5-9)25-18(29)17-11-3-8(19(22,23)24)1-2-13(11)26-27-17/h4-5,8,14H,1-3,6-7H2,(H,25,29)(H,26,27)/t8-,14+/m1/s1. The number of alkyl halides is 3. The molecule has 0 radical (unpaired) electrons. The Kier molecular flexibility index (Phi) is 4.99. The van der Waals surface area contributed by atoms with E-state index in [1.54, 1.807) is 0 Å². The number of Topliss-reactive ketones (excluding diaryl/α,β-unsaturated/α-hetero) is 1. The smallest absolute Gasteiger partial charge is 0.392 e. The number of carbonyl (C=O) groups is 2. The summed E-state index contributed by atoms with van der Waals surface area (Å²) in [4.78, 5) is 25.1. The number of rotatable bonds is 2. The number of fused-ring (bicyclic) bond motifs is 2. The minimum Gasteiger partial charge on any atom is -0.490 e. The molecule has 0 saturated carbocycles. The van der Waals surface area contributed by atoms with Crippen LogP contribution in [-0.4, -0.2) is 40.7 Å². The molecular weight excluding hydrogens is 413 g/mol. The number of ketones is 1. The summed E-state index contributed by atoms with van der Waals surface area (Å²) in [7, 11) is 0. The lowest BCUT2D eigenvalue weighted by Crippen LogP contribution is -2.45. The number of aromatic amines is 1. The van der Waals surface area contributed by atoms with Gasteiger partial charge in [-0.25, -0.2) is 8.78 Å². The molecule has 4 rings (SSSR count). The number of benzene rings is 1. The number of nitrogens with zero attached hydrogens (tertiary/aromatic N) is 1. The molecule has 30 heavy (non-hydrogen) atoms. The highest BCUT2D eigenvalue weighted by molar-refractivity contribution is 5.98. The maximum Gasteiger partial charge on any atom is 0.392 e. The molecule has 1 aromatic heterocycles. The van der Waals surface area contributed by atoms with Crippen LogP contribution in [0.1, 0.15) is 33.7 Å². The Morgan fingerprint density at radius 1 is 1.23 bits per heavy atom. The molecule has 1 aromatic carbocycles. The van der Waals surface area contributed by atoms with Crippen molar-refractivity contribution in [3.8, 4) is 5.75 Å². The van der Waals surface area contributed by atoms with Crippen LogP contribution in [0.4, 0.5) is 22.0 Å². The van der Waals surface area contributed by atoms with Crippen molar-refractivity contribution in [3.05, 3.63) is 46.3 Å². The molecule has 11 heteroatoms. The fourth-order valence-corrected chi connectivity index (χ4v) is 3.75. The van der Waals surface area contributed by atoms with Crippen LogP contribution in [0.3, 0.4) is 0 Å². The van der Waals surface area contributed by atoms with Crippen LogP contribution in [-0.2, 0) is 24.1 Å². The molecule has 0 saturated heterocycles. The molecule has 1 aliphatic carbocycles. The number of aromatic nitrogens is 2. The summed E-state index contributed by atoms with van der Waals surface area (Å²) in [6, 6.07) is 0.375. The lowest BCUT2D eigenvalue weighted by molar-refractivity contribution is -0.177. The summed E-state index contributed by atoms with van der Waals surface area (Å²) in [5.41, 5.74) is 0.280. The van der Waals surface area contributed by atoms with Crippen LogP contribution in [0.25, 0.3) is 0 Å². The Bertz CT molecular complexity index is 1020. The highest BCUT2D eigenvalue weighted by Crippen LogP contribution is 2.37. The second-order valence-electron chi connectivity index (χ2n) is 7.36. The maximum absolute atomic E-state index is 14.0. The molecule has 1 amide bonds. The van der Waals surface area contributed by atoms with Gasteiger partial charge in [-0.2, -0.15) is 18.3 Å². The zero-order chi connectivity index (χ0) is 21.6. The Balaban J connectivity index is 1.51. The van der Waals surface area contributed by atoms with Gasteiger partial charge in [0, 0.05) is 35.4 Å². The largest absolute Gasteiger partial charge is 0.490 e. The zero-order valence-electron chi connectivity index (χ0n) is 15.4. The van der Waals surface area contributed by atoms with Crippen molar-refractivity contribution in [2.24, 2.45) is 5.92 Å². The van der Waals surface area contributed by atoms with Crippen LogP contribution in [0.2, 0.25) is 0 Å². The molecular formula is C19H16F5N3O3. The molecule has 2 heterocycles. The average Bonchev–Trinajstić information content (AvgIpc) is 3.03. The van der Waals surface area contributed by atoms with Crippen molar-refractivity contribution in [2.45, 2.75) is 37.9 Å². The van der Waals surface area contributed by atoms with Crippen LogP contribution >= 0.6 is 0 Å². The van der Waals surface area contributed by atoms with Crippen molar-refractivity contribution in [1.29, 1.82) is 0 Å². The van der Waals surface area contributed by atoms with Gasteiger partial charge in [0.25, 0.3) is 5.91 Å². The molecule has 160 valence electrons. The fraction of sp³-hybridized carbons (Fsp3) is 0.421. The Morgan fingerprint density at radius 2 is 2.00 bits per heavy atom. The van der Waals surface area contributed by atoms with Crippen molar-refractivity contribution in [1.82, 2.24) is 15.5 Å². The normalized spacial score (nSPS) is 21.3. The van der Waals surface area contributed by atoms with Gasteiger partial charge in [0.15, 0.2) is 11.5 Å². The molecule has 0 spiro atoms. The lowest BCUT2D eigenvalue weighted by atomic mass is 9.86. The number of H-pyrrole nitrogens is 1. The molecule has 2 aromatic rings. The van der Waals surface area contributed by atoms with E-state index in [-0.39, 0.29) is 48.4 Å². The third-order valence-electron chi connectivity index (χ3n) is 5.39. The summed E-state index contributed by atoms with van der Waals surface area (Å²) in [6.07, 6.45) is -5.20. The summed E-state index contributed by atoms with van der Waals surface area (Å²) >= 11 is 0. The van der Waals surface area contributed by atoms with Crippen molar-refractivity contribution < 1.29 is 36.3 Å². The first-order valence-corrected chi connectivity index (χ1v) is 9.20. The zero-order valence-corrected chi connectivity index (χ0v) is 15.4. The quantitative estimate of drug-likeness (QED) is 0.719. The summed E-state index contributed by atoms with van der Waals surface area (Å²) in [5.74, 6) is -4.94. The van der Waals surface area contributed by atoms with E-state index in [1.165, 1.54) is 0 Å². The fourth-order valence-electron chi connectivity index (χ4n) is 3.75. The molecule has 2 N–H and O–H groups in total. The minimum absolute atomic E-state index is 0.102. The molecule has 2 atom stereocenters. The van der Waals surface area contributed by atoms with Crippen molar-refractivity contribution in [2.75, 3.05) is 6.61 Å². The lowest BCUT2D eigenvalue weighted by Gasteiger charge is -2.24. The number of nitrogens with one attached hydrogen (secondary N) is 2. The monoisotopic (exact) mass is 429 g/mol. The second-order valence-corrected chi connectivity index (χ2v) is 7.36. The average molecular weight is 429 g/mol. The van der Waals surface area contributed by atoms with Crippen molar-refractivity contribution in [3.63, 3.8) is 0 Å². The number of hydrogen-bond donors (Lipinski definition) is 2. The van der Waals surface area contributed by atoms with Gasteiger partial charge >= 0.3 is 6.18 Å². The van der Waals surface area contributed by atoms with E-state index in [9.17, 15) is 31.5 Å². The first-order chi connectivity index (χ1) is 14.1. The van der Waals surface area contributed by atoms with E-state index in [0.29, 0.717) is 11.8 Å². The molecule has 0 bridgehead atoms. The number of ether oxygens (including phenoxy) is 1. The Labute approximate surface area is 166 Å². The third kappa shape index (κ3) is 3.75. The van der Waals surface area contributed by atoms with Gasteiger partial charge in [0.2, 0.25) is 0 Å². The number of carbonyl (C=O) groups excluding carboxylic acids is 2. The summed E-state index contributed by atoms with van der Waals surface area (Å²) in [6.45, 7) is -0.377. The topological polar surface area (TPSA) is 84.1 Å². The van der Waals surface area contributed by atoms with Gasteiger partial charge in [-0.1, -0.05) is 0 Å². The van der Waals surface area contributed by atoms with Gasteiger partial charge < -0.3 is 10.1 Å². The van der Waals surface area contributed by atoms with Crippen LogP contribution in [0, 0.1) is 17.6 Å². The Morgan fingerprint density at radius 3 is 2.73 bits per heavy atom. The van der Waals surface area contributed by atoms with E-state index >= 15 is 0 Å². The van der Waals surface area contributed by atoms with Gasteiger partial charge in [0.1, 0.15) is 30.0 Å². The number of amides is 1. The molecule has 0 fully saturated rings. The van der Waals surface area contributed by atoms with Gasteiger partial charge in [0.05, 0.1) is 5.92 Å². The van der Waals surface area contributed by atoms with Crippen LogP contribution in [0.5, 0.6) is 5.75 Å². The first kappa shape index (κ1) is 20.3. The molecule has 2 aliphatic rings. The van der Waals surface area contributed by atoms with Crippen LogP contribution in [0.15, 0.2) is 12.1 Å². The number of hydrogen-bond acceptors (Lipinski definition) is 4. The predicted octanol–water partition coefficient (Wildman–Crippen LogP) is 2.66. The van der Waals surface area contributed by atoms with Crippen molar-refractivity contribution >= 4 is 11.7 Å². The number of halogens is 5. The van der Waals surface area contributed by atoms with Crippen LogP contribution < -0.4 is 10.1 Å². The third-order valence-corrected chi connectivity index (χ3v) is 5.39. The van der Waals surface area contributed by atoms with Gasteiger partial charge in [-0.05, 0) is 19.3 Å².